The van der Waals surface area contributed by atoms with Crippen LogP contribution in [0, 0.1) is 0 Å². The van der Waals surface area contributed by atoms with Gasteiger partial charge >= 0.3 is 0 Å². The molecule has 0 aliphatic carbocycles. The standard InChI is InChI=1S/C15H12BrN3O/c16-9-1-4-11(5-2-9)18-8-13-12-7-10(17)3-6-14(12)19-15(13)20/h1-8,18H,17H2,(H,19,20)/b13-8-. The third-order valence-electron chi connectivity index (χ3n) is 3.05. The number of halogens is 1. The Hall–Kier alpha value is -2.27. The van der Waals surface area contributed by atoms with Crippen molar-refractivity contribution in [1.29, 1.82) is 0 Å². The Bertz CT molecular complexity index is 708. The fourth-order valence-electron chi connectivity index (χ4n) is 2.05. The Kier molecular flexibility index (Phi) is 3.20. The molecule has 5 heteroatoms. The number of hydrogen-bond acceptors (Lipinski definition) is 3. The van der Waals surface area contributed by atoms with E-state index in [4.69, 9.17) is 5.73 Å². The summed E-state index contributed by atoms with van der Waals surface area (Å²) in [6.07, 6.45) is 1.70. The molecule has 100 valence electrons. The number of hydrogen-bond donors (Lipinski definition) is 3. The maximum atomic E-state index is 12.0. The third kappa shape index (κ3) is 2.40. The van der Waals surface area contributed by atoms with Crippen molar-refractivity contribution in [3.63, 3.8) is 0 Å². The zero-order valence-corrected chi connectivity index (χ0v) is 12.1. The number of anilines is 3. The average Bonchev–Trinajstić information content (AvgIpc) is 2.73. The molecule has 2 aromatic carbocycles. The summed E-state index contributed by atoms with van der Waals surface area (Å²) in [5, 5.41) is 5.93. The minimum atomic E-state index is -0.129. The summed E-state index contributed by atoms with van der Waals surface area (Å²) in [6, 6.07) is 13.1. The van der Waals surface area contributed by atoms with Crippen LogP contribution >= 0.6 is 15.9 Å². The van der Waals surface area contributed by atoms with E-state index in [0.29, 0.717) is 11.3 Å². The molecule has 4 N–H and O–H groups in total. The molecule has 1 heterocycles. The Morgan fingerprint density at radius 2 is 1.90 bits per heavy atom. The van der Waals surface area contributed by atoms with Crippen molar-refractivity contribution in [2.45, 2.75) is 0 Å². The van der Waals surface area contributed by atoms with Crippen LogP contribution in [0.25, 0.3) is 5.57 Å². The summed E-state index contributed by atoms with van der Waals surface area (Å²) in [6.45, 7) is 0. The lowest BCUT2D eigenvalue weighted by atomic mass is 10.1. The van der Waals surface area contributed by atoms with E-state index in [0.717, 1.165) is 21.4 Å². The van der Waals surface area contributed by atoms with Crippen molar-refractivity contribution in [3.8, 4) is 0 Å². The second-order valence-corrected chi connectivity index (χ2v) is 5.38. The van der Waals surface area contributed by atoms with E-state index in [-0.39, 0.29) is 5.91 Å². The van der Waals surface area contributed by atoms with Crippen LogP contribution in [0.2, 0.25) is 0 Å². The van der Waals surface area contributed by atoms with E-state index < -0.39 is 0 Å². The maximum absolute atomic E-state index is 12.0. The molecular weight excluding hydrogens is 318 g/mol. The Balaban J connectivity index is 1.90. The lowest BCUT2D eigenvalue weighted by Crippen LogP contribution is -2.05. The molecule has 0 saturated carbocycles. The van der Waals surface area contributed by atoms with E-state index in [9.17, 15) is 4.79 Å². The predicted octanol–water partition coefficient (Wildman–Crippen LogP) is 3.44. The highest BCUT2D eigenvalue weighted by molar-refractivity contribution is 9.10. The van der Waals surface area contributed by atoms with Gasteiger partial charge < -0.3 is 16.4 Å². The van der Waals surface area contributed by atoms with E-state index in [1.165, 1.54) is 0 Å². The van der Waals surface area contributed by atoms with Gasteiger partial charge in [0, 0.05) is 33.3 Å². The average molecular weight is 330 g/mol. The zero-order valence-electron chi connectivity index (χ0n) is 10.5. The molecule has 0 saturated heterocycles. The highest BCUT2D eigenvalue weighted by Gasteiger charge is 2.23. The molecule has 1 aliphatic heterocycles. The molecule has 0 bridgehead atoms. The smallest absolute Gasteiger partial charge is 0.257 e. The molecule has 20 heavy (non-hydrogen) atoms. The normalized spacial score (nSPS) is 15.1. The van der Waals surface area contributed by atoms with E-state index in [2.05, 4.69) is 26.6 Å². The van der Waals surface area contributed by atoms with Gasteiger partial charge in [-0.3, -0.25) is 4.79 Å². The van der Waals surface area contributed by atoms with Crippen LogP contribution in [0.1, 0.15) is 5.56 Å². The molecule has 0 spiro atoms. The number of rotatable bonds is 2. The highest BCUT2D eigenvalue weighted by atomic mass is 79.9. The van der Waals surface area contributed by atoms with Crippen molar-refractivity contribution >= 4 is 44.5 Å². The van der Waals surface area contributed by atoms with Crippen LogP contribution in [0.5, 0.6) is 0 Å². The van der Waals surface area contributed by atoms with Crippen LogP contribution < -0.4 is 16.4 Å². The van der Waals surface area contributed by atoms with Crippen LogP contribution in [0.15, 0.2) is 53.1 Å². The molecule has 0 aromatic heterocycles. The summed E-state index contributed by atoms with van der Waals surface area (Å²) < 4.78 is 1.01. The molecule has 0 unspecified atom stereocenters. The molecule has 2 aromatic rings. The van der Waals surface area contributed by atoms with Gasteiger partial charge in [-0.2, -0.15) is 0 Å². The van der Waals surface area contributed by atoms with Crippen molar-refractivity contribution < 1.29 is 4.79 Å². The molecular formula is C15H12BrN3O. The van der Waals surface area contributed by atoms with Crippen molar-refractivity contribution in [2.24, 2.45) is 0 Å². The Labute approximate surface area is 124 Å². The minimum Gasteiger partial charge on any atom is -0.399 e. The molecule has 3 rings (SSSR count). The van der Waals surface area contributed by atoms with Gasteiger partial charge in [-0.15, -0.1) is 0 Å². The molecule has 4 nitrogen and oxygen atoms in total. The summed E-state index contributed by atoms with van der Waals surface area (Å²) in [5.74, 6) is -0.129. The minimum absolute atomic E-state index is 0.129. The Morgan fingerprint density at radius 1 is 1.15 bits per heavy atom. The first kappa shape index (κ1) is 12.7. The first-order valence-corrected chi connectivity index (χ1v) is 6.86. The van der Waals surface area contributed by atoms with Crippen LogP contribution in [0.4, 0.5) is 17.1 Å². The first-order chi connectivity index (χ1) is 9.63. The number of nitrogens with two attached hydrogens (primary N) is 1. The summed E-state index contributed by atoms with van der Waals surface area (Å²) in [4.78, 5) is 12.0. The van der Waals surface area contributed by atoms with Gasteiger partial charge in [-0.25, -0.2) is 0 Å². The number of fused-ring (bicyclic) bond motifs is 1. The topological polar surface area (TPSA) is 67.1 Å². The number of benzene rings is 2. The third-order valence-corrected chi connectivity index (χ3v) is 3.58. The predicted molar refractivity (Wildman–Crippen MR) is 85.2 cm³/mol. The Morgan fingerprint density at radius 3 is 2.65 bits per heavy atom. The van der Waals surface area contributed by atoms with Gasteiger partial charge in [-0.05, 0) is 42.5 Å². The highest BCUT2D eigenvalue weighted by Crippen LogP contribution is 2.33. The SMILES string of the molecule is Nc1ccc2c(c1)/C(=C/Nc1ccc(Br)cc1)C(=O)N2. The quantitative estimate of drug-likeness (QED) is 0.584. The largest absolute Gasteiger partial charge is 0.399 e. The van der Waals surface area contributed by atoms with Crippen molar-refractivity contribution in [3.05, 3.63) is 58.7 Å². The van der Waals surface area contributed by atoms with E-state index in [1.807, 2.05) is 30.3 Å². The lowest BCUT2D eigenvalue weighted by Gasteiger charge is -2.03. The van der Waals surface area contributed by atoms with Crippen LogP contribution in [-0.4, -0.2) is 5.91 Å². The number of carbonyl (C=O) groups excluding carboxylic acids is 1. The lowest BCUT2D eigenvalue weighted by molar-refractivity contribution is -0.110. The fraction of sp³-hybridized carbons (Fsp3) is 0. The van der Waals surface area contributed by atoms with Gasteiger partial charge in [0.15, 0.2) is 0 Å². The second-order valence-electron chi connectivity index (χ2n) is 4.47. The molecule has 0 atom stereocenters. The monoisotopic (exact) mass is 329 g/mol. The van der Waals surface area contributed by atoms with Crippen LogP contribution in [0.3, 0.4) is 0 Å². The second kappa shape index (κ2) is 5.02. The van der Waals surface area contributed by atoms with Crippen molar-refractivity contribution in [1.82, 2.24) is 0 Å². The number of nitrogens with one attached hydrogen (secondary N) is 2. The summed E-state index contributed by atoms with van der Waals surface area (Å²) >= 11 is 3.38. The number of amides is 1. The number of carbonyl (C=O) groups is 1. The first-order valence-electron chi connectivity index (χ1n) is 6.07. The maximum Gasteiger partial charge on any atom is 0.257 e. The van der Waals surface area contributed by atoms with Gasteiger partial charge in [-0.1, -0.05) is 15.9 Å². The zero-order chi connectivity index (χ0) is 14.1. The van der Waals surface area contributed by atoms with Gasteiger partial charge in [0.1, 0.15) is 0 Å². The van der Waals surface area contributed by atoms with Gasteiger partial charge in [0.2, 0.25) is 0 Å². The van der Waals surface area contributed by atoms with E-state index >= 15 is 0 Å². The molecule has 1 amide bonds. The van der Waals surface area contributed by atoms with E-state index in [1.54, 1.807) is 18.3 Å². The van der Waals surface area contributed by atoms with Crippen molar-refractivity contribution in [2.75, 3.05) is 16.4 Å². The van der Waals surface area contributed by atoms with Gasteiger partial charge in [0.05, 0.1) is 5.57 Å². The number of nitrogen functional groups attached to an aromatic ring is 1. The molecule has 0 radical (unpaired) electrons. The van der Waals surface area contributed by atoms with Crippen LogP contribution in [-0.2, 0) is 4.79 Å². The molecule has 1 aliphatic rings. The summed E-state index contributed by atoms with van der Waals surface area (Å²) in [7, 11) is 0. The fourth-order valence-corrected chi connectivity index (χ4v) is 2.31. The van der Waals surface area contributed by atoms with Gasteiger partial charge in [0.25, 0.3) is 5.91 Å². The summed E-state index contributed by atoms with van der Waals surface area (Å²) in [5.41, 5.74) is 9.50. The molecule has 0 fully saturated rings.